The standard InChI is InChI=1S/C18H8Br2F14N2O10S4/c19-13(21,22)15(25,26)45-9-3-1-7(5-11(9)47(37,38)35-49(41,42)17(29,30)31)8-2-4-10(46-16(27,28)14(20,23)24)12(6-8)48(39,40)36-50(43,44)18(32,33)34/h1-6,35-36H. The van der Waals surface area contributed by atoms with Gasteiger partial charge in [0.2, 0.25) is 0 Å². The average Bonchev–Trinajstić information content (AvgIpc) is 2.84. The van der Waals surface area contributed by atoms with Gasteiger partial charge in [-0.3, -0.25) is 0 Å². The summed E-state index contributed by atoms with van der Waals surface area (Å²) in [6.45, 7) is 0. The first-order valence-electron chi connectivity index (χ1n) is 11.0. The lowest BCUT2D eigenvalue weighted by molar-refractivity contribution is -0.267. The monoisotopic (exact) mass is 964 g/mol. The topological polar surface area (TPSA) is 179 Å². The van der Waals surface area contributed by atoms with E-state index >= 15 is 0 Å². The molecule has 0 aliphatic heterocycles. The van der Waals surface area contributed by atoms with E-state index in [1.165, 1.54) is 0 Å². The molecule has 2 aromatic rings. The summed E-state index contributed by atoms with van der Waals surface area (Å²) in [4.78, 5) is -15.2. The van der Waals surface area contributed by atoms with E-state index in [1.807, 2.05) is 0 Å². The summed E-state index contributed by atoms with van der Waals surface area (Å²) in [6.07, 6.45) is -11.6. The van der Waals surface area contributed by atoms with E-state index in [0.717, 1.165) is 31.9 Å². The Balaban J connectivity index is 2.99. The number of halogens is 16. The summed E-state index contributed by atoms with van der Waals surface area (Å²) in [7, 11) is -26.8. The van der Waals surface area contributed by atoms with E-state index in [2.05, 4.69) is 9.47 Å². The maximum absolute atomic E-state index is 13.9. The minimum Gasteiger partial charge on any atom is -0.426 e. The van der Waals surface area contributed by atoms with Crippen LogP contribution in [0, 0.1) is 0 Å². The van der Waals surface area contributed by atoms with Gasteiger partial charge in [-0.05, 0) is 35.4 Å². The molecule has 0 bridgehead atoms. The van der Waals surface area contributed by atoms with E-state index in [9.17, 15) is 95.1 Å². The van der Waals surface area contributed by atoms with Gasteiger partial charge in [0.15, 0.2) is 0 Å². The molecule has 286 valence electrons. The lowest BCUT2D eigenvalue weighted by Crippen LogP contribution is -2.42. The molecule has 2 aromatic carbocycles. The SMILES string of the molecule is O=S(=O)(NS(=O)(=O)C(F)(F)F)c1cc(-c2ccc(OC(F)(F)C(F)(F)Br)c(S(=O)(=O)NS(=O)(=O)C(F)(F)F)c2)ccc1OC(F)(F)C(F)(F)Br. The lowest BCUT2D eigenvalue weighted by Gasteiger charge is -2.24. The summed E-state index contributed by atoms with van der Waals surface area (Å²) in [5, 5.41) is 0. The van der Waals surface area contributed by atoms with Crippen molar-refractivity contribution in [3.8, 4) is 22.6 Å². The van der Waals surface area contributed by atoms with Crippen LogP contribution in [0.1, 0.15) is 0 Å². The third-order valence-electron chi connectivity index (χ3n) is 4.98. The molecule has 0 fully saturated rings. The average molecular weight is 966 g/mol. The largest absolute Gasteiger partial charge is 0.512 e. The molecular formula is C18H8Br2F14N2O10S4. The molecule has 0 radical (unpaired) electrons. The smallest absolute Gasteiger partial charge is 0.426 e. The van der Waals surface area contributed by atoms with E-state index in [0.29, 0.717) is 0 Å². The maximum atomic E-state index is 13.9. The fraction of sp³-hybridized carbons (Fsp3) is 0.333. The molecule has 0 spiro atoms. The zero-order chi connectivity index (χ0) is 39.5. The first-order chi connectivity index (χ1) is 21.8. The Hall–Kier alpha value is -2.26. The molecule has 0 amide bonds. The normalized spacial score (nSPS) is 14.8. The van der Waals surface area contributed by atoms with Crippen molar-refractivity contribution in [2.75, 3.05) is 0 Å². The fourth-order valence-electron chi connectivity index (χ4n) is 2.83. The van der Waals surface area contributed by atoms with Gasteiger partial charge in [0.25, 0.3) is 20.0 Å². The van der Waals surface area contributed by atoms with E-state index in [1.54, 1.807) is 0 Å². The van der Waals surface area contributed by atoms with E-state index in [-0.39, 0.29) is 44.7 Å². The van der Waals surface area contributed by atoms with Crippen LogP contribution in [0.2, 0.25) is 0 Å². The van der Waals surface area contributed by atoms with Gasteiger partial charge >= 0.3 is 52.9 Å². The van der Waals surface area contributed by atoms with Crippen molar-refractivity contribution >= 4 is 72.0 Å². The molecule has 0 aromatic heterocycles. The van der Waals surface area contributed by atoms with Crippen LogP contribution in [0.3, 0.4) is 0 Å². The third-order valence-corrected chi connectivity index (χ3v) is 12.4. The van der Waals surface area contributed by atoms with Gasteiger partial charge in [0.05, 0.1) is 0 Å². The molecule has 2 N–H and O–H groups in total. The number of rotatable bonds is 13. The number of benzene rings is 2. The summed E-state index contributed by atoms with van der Waals surface area (Å²) in [6, 6.07) is -0.272. The van der Waals surface area contributed by atoms with Crippen LogP contribution in [-0.4, -0.2) is 66.6 Å². The minimum atomic E-state index is -6.99. The van der Waals surface area contributed by atoms with Crippen molar-refractivity contribution in [2.24, 2.45) is 0 Å². The molecule has 2 rings (SSSR count). The Labute approximate surface area is 285 Å². The Morgan fingerprint density at radius 2 is 0.740 bits per heavy atom. The van der Waals surface area contributed by atoms with E-state index < -0.39 is 105 Å². The summed E-state index contributed by atoms with van der Waals surface area (Å²) >= 11 is 2.30. The number of ether oxygens (including phenoxy) is 2. The maximum Gasteiger partial charge on any atom is 0.512 e. The van der Waals surface area contributed by atoms with Crippen molar-refractivity contribution in [3.05, 3.63) is 36.4 Å². The van der Waals surface area contributed by atoms with Gasteiger partial charge < -0.3 is 9.47 Å². The van der Waals surface area contributed by atoms with Gasteiger partial charge in [-0.1, -0.05) is 20.4 Å². The summed E-state index contributed by atoms with van der Waals surface area (Å²) in [5.41, 5.74) is -15.2. The molecule has 0 aliphatic carbocycles. The van der Waals surface area contributed by atoms with Gasteiger partial charge in [-0.15, -0.1) is 0 Å². The van der Waals surface area contributed by atoms with Crippen molar-refractivity contribution in [1.29, 1.82) is 0 Å². The lowest BCUT2D eigenvalue weighted by atomic mass is 10.1. The summed E-state index contributed by atoms with van der Waals surface area (Å²) in [5.74, 6) is -4.15. The van der Waals surface area contributed by atoms with Crippen LogP contribution >= 0.6 is 31.9 Å². The number of nitrogens with one attached hydrogen (secondary N) is 2. The van der Waals surface area contributed by atoms with Crippen molar-refractivity contribution in [2.45, 2.75) is 42.7 Å². The molecule has 0 aliphatic rings. The highest BCUT2D eigenvalue weighted by Gasteiger charge is 2.59. The Kier molecular flexibility index (Phi) is 11.7. The highest BCUT2D eigenvalue weighted by atomic mass is 79.9. The second-order valence-corrected chi connectivity index (χ2v) is 17.8. The molecule has 0 unspecified atom stereocenters. The predicted molar refractivity (Wildman–Crippen MR) is 141 cm³/mol. The molecule has 32 heteroatoms. The highest BCUT2D eigenvalue weighted by molar-refractivity contribution is 9.10. The first-order valence-corrected chi connectivity index (χ1v) is 18.6. The fourth-order valence-corrected chi connectivity index (χ4v) is 8.09. The third kappa shape index (κ3) is 9.58. The molecule has 0 atom stereocenters. The zero-order valence-corrected chi connectivity index (χ0v) is 28.7. The Bertz CT molecular complexity index is 1930. The van der Waals surface area contributed by atoms with Gasteiger partial charge in [0.1, 0.15) is 21.3 Å². The second-order valence-electron chi connectivity index (χ2n) is 8.63. The van der Waals surface area contributed by atoms with Crippen LogP contribution in [0.25, 0.3) is 11.1 Å². The summed E-state index contributed by atoms with van der Waals surface area (Å²) < 4.78 is 290. The van der Waals surface area contributed by atoms with Crippen molar-refractivity contribution in [1.82, 2.24) is 8.25 Å². The number of alkyl halides is 16. The number of hydrogen-bond donors (Lipinski definition) is 2. The van der Waals surface area contributed by atoms with Gasteiger partial charge in [-0.25, -0.2) is 33.7 Å². The van der Waals surface area contributed by atoms with Crippen molar-refractivity contribution in [3.63, 3.8) is 0 Å². The quantitative estimate of drug-likeness (QED) is 0.192. The molecule has 0 saturated heterocycles. The van der Waals surface area contributed by atoms with Crippen LogP contribution in [0.4, 0.5) is 61.5 Å². The molecule has 50 heavy (non-hydrogen) atoms. The van der Waals surface area contributed by atoms with Crippen LogP contribution in [0.5, 0.6) is 11.5 Å². The minimum absolute atomic E-state index is 0.00567. The van der Waals surface area contributed by atoms with Crippen LogP contribution in [-0.2, 0) is 40.1 Å². The number of hydrogen-bond acceptors (Lipinski definition) is 10. The van der Waals surface area contributed by atoms with Crippen molar-refractivity contribution < 1.29 is 105 Å². The van der Waals surface area contributed by atoms with E-state index in [4.69, 9.17) is 0 Å². The molecule has 12 nitrogen and oxygen atoms in total. The highest BCUT2D eigenvalue weighted by Crippen LogP contribution is 2.45. The van der Waals surface area contributed by atoms with Crippen LogP contribution in [0.15, 0.2) is 46.2 Å². The molecule has 0 heterocycles. The zero-order valence-electron chi connectivity index (χ0n) is 22.2. The predicted octanol–water partition coefficient (Wildman–Crippen LogP) is 5.53. The Morgan fingerprint density at radius 3 is 0.960 bits per heavy atom. The first kappa shape index (κ1) is 43.9. The molecule has 0 saturated carbocycles. The van der Waals surface area contributed by atoms with Gasteiger partial charge in [0, 0.05) is 31.9 Å². The van der Waals surface area contributed by atoms with Gasteiger partial charge in [-0.2, -0.15) is 61.5 Å². The number of sulfonamides is 4. The van der Waals surface area contributed by atoms with Crippen LogP contribution < -0.4 is 17.7 Å². The Morgan fingerprint density at radius 1 is 0.480 bits per heavy atom. The second kappa shape index (κ2) is 13.3. The molecular weight excluding hydrogens is 958 g/mol.